The zero-order valence-electron chi connectivity index (χ0n) is 13.1. The number of hydrogen-bond acceptors (Lipinski definition) is 5. The third kappa shape index (κ3) is 3.60. The molecule has 0 unspecified atom stereocenters. The summed E-state index contributed by atoms with van der Waals surface area (Å²) in [6.45, 7) is 1.43. The van der Waals surface area contributed by atoms with Crippen molar-refractivity contribution in [2.75, 3.05) is 6.61 Å². The fourth-order valence-corrected chi connectivity index (χ4v) is 2.26. The van der Waals surface area contributed by atoms with Gasteiger partial charge >= 0.3 is 5.97 Å². The zero-order chi connectivity index (χ0) is 16.9. The van der Waals surface area contributed by atoms with Crippen LogP contribution in [0.1, 0.15) is 29.2 Å². The summed E-state index contributed by atoms with van der Waals surface area (Å²) in [6.07, 6.45) is 1.49. The number of carbonyl (C=O) groups excluding carboxylic acids is 2. The molecule has 122 valence electrons. The van der Waals surface area contributed by atoms with Gasteiger partial charge < -0.3 is 14.5 Å². The van der Waals surface area contributed by atoms with Crippen molar-refractivity contribution >= 4 is 22.8 Å². The highest BCUT2D eigenvalue weighted by Crippen LogP contribution is 2.23. The number of amides is 1. The Morgan fingerprint density at radius 2 is 2.00 bits per heavy atom. The van der Waals surface area contributed by atoms with Crippen LogP contribution in [0.2, 0.25) is 0 Å². The fourth-order valence-electron chi connectivity index (χ4n) is 2.26. The molecule has 1 amide bonds. The highest BCUT2D eigenvalue weighted by Gasteiger charge is 2.16. The largest absolute Gasteiger partial charge is 0.459 e. The molecule has 1 atom stereocenters. The van der Waals surface area contributed by atoms with Crippen molar-refractivity contribution in [2.24, 2.45) is 0 Å². The predicted octanol–water partition coefficient (Wildman–Crippen LogP) is 2.86. The molecule has 6 nitrogen and oxygen atoms in total. The molecule has 0 fully saturated rings. The van der Waals surface area contributed by atoms with Crippen LogP contribution in [0.3, 0.4) is 0 Å². The van der Waals surface area contributed by atoms with Crippen LogP contribution in [0.25, 0.3) is 11.0 Å². The second-order valence-corrected chi connectivity index (χ2v) is 5.27. The Balaban J connectivity index is 1.55. The van der Waals surface area contributed by atoms with E-state index in [4.69, 9.17) is 9.15 Å². The lowest BCUT2D eigenvalue weighted by molar-refractivity contribution is -0.125. The van der Waals surface area contributed by atoms with Crippen molar-refractivity contribution in [2.45, 2.75) is 13.0 Å². The predicted molar refractivity (Wildman–Crippen MR) is 87.3 cm³/mol. The Labute approximate surface area is 138 Å². The van der Waals surface area contributed by atoms with E-state index in [1.54, 1.807) is 19.1 Å². The quantitative estimate of drug-likeness (QED) is 0.730. The highest BCUT2D eigenvalue weighted by molar-refractivity contribution is 5.89. The molecule has 0 saturated heterocycles. The van der Waals surface area contributed by atoms with Gasteiger partial charge in [-0.1, -0.05) is 24.3 Å². The maximum absolute atomic E-state index is 11.9. The van der Waals surface area contributed by atoms with E-state index >= 15 is 0 Å². The summed E-state index contributed by atoms with van der Waals surface area (Å²) >= 11 is 0. The van der Waals surface area contributed by atoms with Crippen LogP contribution >= 0.6 is 0 Å². The summed E-state index contributed by atoms with van der Waals surface area (Å²) in [4.78, 5) is 27.5. The van der Waals surface area contributed by atoms with E-state index in [-0.39, 0.29) is 18.3 Å². The summed E-state index contributed by atoms with van der Waals surface area (Å²) in [5.74, 6) is -0.407. The second kappa shape index (κ2) is 6.95. The van der Waals surface area contributed by atoms with Crippen molar-refractivity contribution in [3.05, 3.63) is 66.2 Å². The Kier molecular flexibility index (Phi) is 4.56. The van der Waals surface area contributed by atoms with Crippen molar-refractivity contribution < 1.29 is 18.7 Å². The molecule has 0 radical (unpaired) electrons. The van der Waals surface area contributed by atoms with Crippen LogP contribution in [-0.2, 0) is 9.53 Å². The minimum Gasteiger partial charge on any atom is -0.459 e. The molecule has 1 aromatic carbocycles. The number of hydrogen-bond donors (Lipinski definition) is 1. The number of furan rings is 1. The number of esters is 1. The van der Waals surface area contributed by atoms with E-state index in [0.717, 1.165) is 11.0 Å². The normalized spacial score (nSPS) is 11.9. The average Bonchev–Trinajstić information content (AvgIpc) is 3.05. The van der Waals surface area contributed by atoms with E-state index in [9.17, 15) is 9.59 Å². The van der Waals surface area contributed by atoms with E-state index in [0.29, 0.717) is 5.76 Å². The second-order valence-electron chi connectivity index (χ2n) is 5.27. The van der Waals surface area contributed by atoms with E-state index in [1.165, 1.54) is 12.3 Å². The molecule has 2 aromatic heterocycles. The molecule has 0 saturated carbocycles. The lowest BCUT2D eigenvalue weighted by Crippen LogP contribution is -2.31. The molecule has 3 rings (SSSR count). The van der Waals surface area contributed by atoms with E-state index in [1.807, 2.05) is 30.3 Å². The van der Waals surface area contributed by atoms with Gasteiger partial charge in [0.2, 0.25) is 0 Å². The van der Waals surface area contributed by atoms with Gasteiger partial charge in [-0.3, -0.25) is 4.79 Å². The Morgan fingerprint density at radius 3 is 2.75 bits per heavy atom. The van der Waals surface area contributed by atoms with Gasteiger partial charge in [0, 0.05) is 11.6 Å². The smallest absolute Gasteiger partial charge is 0.357 e. The van der Waals surface area contributed by atoms with Crippen molar-refractivity contribution in [3.8, 4) is 0 Å². The molecule has 0 aliphatic carbocycles. The first-order valence-corrected chi connectivity index (χ1v) is 7.49. The van der Waals surface area contributed by atoms with Crippen LogP contribution < -0.4 is 5.32 Å². The number of fused-ring (bicyclic) bond motifs is 1. The number of benzene rings is 1. The number of para-hydroxylation sites is 1. The third-order valence-electron chi connectivity index (χ3n) is 3.46. The molecule has 6 heteroatoms. The van der Waals surface area contributed by atoms with Crippen molar-refractivity contribution in [1.82, 2.24) is 10.3 Å². The number of rotatable bonds is 5. The van der Waals surface area contributed by atoms with Gasteiger partial charge in [0.25, 0.3) is 5.91 Å². The van der Waals surface area contributed by atoms with Gasteiger partial charge in [0.05, 0.1) is 6.04 Å². The molecule has 2 heterocycles. The van der Waals surface area contributed by atoms with Gasteiger partial charge in [-0.25, -0.2) is 9.78 Å². The first-order valence-electron chi connectivity index (χ1n) is 7.49. The minimum atomic E-state index is -0.637. The van der Waals surface area contributed by atoms with Crippen LogP contribution in [0.5, 0.6) is 0 Å². The summed E-state index contributed by atoms with van der Waals surface area (Å²) in [5, 5.41) is 3.70. The first-order chi connectivity index (χ1) is 11.6. The van der Waals surface area contributed by atoms with Crippen LogP contribution in [0.15, 0.2) is 59.1 Å². The monoisotopic (exact) mass is 324 g/mol. The molecule has 1 N–H and O–H groups in total. The highest BCUT2D eigenvalue weighted by atomic mass is 16.5. The molecule has 0 aliphatic rings. The fraction of sp³-hybridized carbons (Fsp3) is 0.167. The lowest BCUT2D eigenvalue weighted by atomic mass is 10.2. The number of aromatic nitrogens is 1. The summed E-state index contributed by atoms with van der Waals surface area (Å²) in [7, 11) is 0. The molecule has 24 heavy (non-hydrogen) atoms. The first kappa shape index (κ1) is 15.7. The molecular formula is C18H16N2O4. The molecule has 0 aliphatic heterocycles. The minimum absolute atomic E-state index is 0.163. The van der Waals surface area contributed by atoms with Gasteiger partial charge in [0.1, 0.15) is 17.0 Å². The lowest BCUT2D eigenvalue weighted by Gasteiger charge is -2.11. The van der Waals surface area contributed by atoms with E-state index < -0.39 is 11.9 Å². The van der Waals surface area contributed by atoms with Crippen LogP contribution in [0.4, 0.5) is 0 Å². The molecular weight excluding hydrogens is 308 g/mol. The number of ether oxygens (including phenoxy) is 1. The van der Waals surface area contributed by atoms with Crippen molar-refractivity contribution in [1.29, 1.82) is 0 Å². The SMILES string of the molecule is C[C@@H](NC(=O)COC(=O)c1ccccn1)c1cc2ccccc2o1. The molecule has 3 aromatic rings. The van der Waals surface area contributed by atoms with Gasteiger partial charge in [-0.2, -0.15) is 0 Å². The maximum atomic E-state index is 11.9. The Hall–Kier alpha value is -3.15. The van der Waals surface area contributed by atoms with Gasteiger partial charge in [-0.05, 0) is 31.2 Å². The Bertz CT molecular complexity index is 825. The summed E-state index contributed by atoms with van der Waals surface area (Å²) in [5.41, 5.74) is 0.922. The topological polar surface area (TPSA) is 81.4 Å². The van der Waals surface area contributed by atoms with Crippen LogP contribution in [-0.4, -0.2) is 23.5 Å². The van der Waals surface area contributed by atoms with E-state index in [2.05, 4.69) is 10.3 Å². The molecule has 0 spiro atoms. The Morgan fingerprint density at radius 1 is 1.21 bits per heavy atom. The maximum Gasteiger partial charge on any atom is 0.357 e. The third-order valence-corrected chi connectivity index (χ3v) is 3.46. The standard InChI is InChI=1S/C18H16N2O4/c1-12(16-10-13-6-2-3-8-15(13)24-16)20-17(21)11-23-18(22)14-7-4-5-9-19-14/h2-10,12H,11H2,1H3,(H,20,21)/t12-/m1/s1. The average molecular weight is 324 g/mol. The van der Waals surface area contributed by atoms with Crippen LogP contribution in [0, 0.1) is 0 Å². The number of nitrogens with zero attached hydrogens (tertiary/aromatic N) is 1. The molecule has 0 bridgehead atoms. The number of carbonyl (C=O) groups is 2. The zero-order valence-corrected chi connectivity index (χ0v) is 13.1. The van der Waals surface area contributed by atoms with Crippen molar-refractivity contribution in [3.63, 3.8) is 0 Å². The summed E-state index contributed by atoms with van der Waals surface area (Å²) in [6, 6.07) is 14.0. The number of nitrogens with one attached hydrogen (secondary N) is 1. The van der Waals surface area contributed by atoms with Gasteiger partial charge in [-0.15, -0.1) is 0 Å². The summed E-state index contributed by atoms with van der Waals surface area (Å²) < 4.78 is 10.6. The number of pyridine rings is 1. The van der Waals surface area contributed by atoms with Gasteiger partial charge in [0.15, 0.2) is 6.61 Å².